The smallest absolute Gasteiger partial charge is 0.271 e. The maximum absolute atomic E-state index is 12.4. The van der Waals surface area contributed by atoms with Crippen LogP contribution in [0.3, 0.4) is 0 Å². The Morgan fingerprint density at radius 3 is 2.31 bits per heavy atom. The fourth-order valence-electron chi connectivity index (χ4n) is 2.46. The number of rotatable bonds is 7. The van der Waals surface area contributed by atoms with Gasteiger partial charge in [-0.2, -0.15) is 0 Å². The second-order valence-electron chi connectivity index (χ2n) is 5.71. The van der Waals surface area contributed by atoms with E-state index in [1.165, 1.54) is 11.3 Å². The van der Waals surface area contributed by atoms with Gasteiger partial charge in [0.25, 0.3) is 10.0 Å². The summed E-state index contributed by atoms with van der Waals surface area (Å²) in [6.07, 6.45) is 0. The van der Waals surface area contributed by atoms with Gasteiger partial charge in [0, 0.05) is 28.4 Å². The van der Waals surface area contributed by atoms with Crippen LogP contribution >= 0.6 is 11.3 Å². The molecule has 3 rings (SSSR count). The summed E-state index contributed by atoms with van der Waals surface area (Å²) in [6.45, 7) is 2.50. The molecule has 2 N–H and O–H groups in total. The van der Waals surface area contributed by atoms with Crippen molar-refractivity contribution in [3.05, 3.63) is 71.1 Å². The first-order valence-corrected chi connectivity index (χ1v) is 10.3. The van der Waals surface area contributed by atoms with Crippen LogP contribution in [-0.4, -0.2) is 15.5 Å². The average molecular weight is 389 g/mol. The van der Waals surface area contributed by atoms with Gasteiger partial charge in [0.1, 0.15) is 9.96 Å². The molecule has 0 atom stereocenters. The summed E-state index contributed by atoms with van der Waals surface area (Å²) >= 11 is 1.25. The van der Waals surface area contributed by atoms with Gasteiger partial charge in [0.05, 0.1) is 7.11 Å². The highest BCUT2D eigenvalue weighted by molar-refractivity contribution is 7.94. The van der Waals surface area contributed by atoms with Crippen LogP contribution in [0, 0.1) is 6.92 Å². The first-order chi connectivity index (χ1) is 12.5. The van der Waals surface area contributed by atoms with E-state index < -0.39 is 10.0 Å². The number of methoxy groups -OCH3 is 1. The van der Waals surface area contributed by atoms with Gasteiger partial charge in [0.15, 0.2) is 0 Å². The first-order valence-electron chi connectivity index (χ1n) is 8.03. The Labute approximate surface area is 157 Å². The van der Waals surface area contributed by atoms with Crippen molar-refractivity contribution in [2.24, 2.45) is 0 Å². The van der Waals surface area contributed by atoms with Crippen molar-refractivity contribution in [2.45, 2.75) is 17.7 Å². The Hall–Kier alpha value is -2.51. The molecule has 0 aliphatic rings. The molecule has 3 aromatic rings. The van der Waals surface area contributed by atoms with E-state index in [9.17, 15) is 8.42 Å². The predicted molar refractivity (Wildman–Crippen MR) is 107 cm³/mol. The summed E-state index contributed by atoms with van der Waals surface area (Å²) in [5.74, 6) is 0.829. The lowest BCUT2D eigenvalue weighted by molar-refractivity contribution is 0.410. The second kappa shape index (κ2) is 7.80. The minimum absolute atomic E-state index is 0.313. The standard InChI is InChI=1S/C19H20N2O3S2/c1-14-7-12-19(25-14)26(22,23)21-17-10-8-16(9-11-17)20-13-15-5-3-4-6-18(15)24-2/h3-12,20-21H,13H2,1-2H3. The Morgan fingerprint density at radius 2 is 1.65 bits per heavy atom. The van der Waals surface area contributed by atoms with Crippen molar-refractivity contribution in [3.63, 3.8) is 0 Å². The maximum Gasteiger partial charge on any atom is 0.271 e. The molecule has 0 saturated carbocycles. The number of para-hydroxylation sites is 1. The molecule has 2 aromatic carbocycles. The van der Waals surface area contributed by atoms with E-state index >= 15 is 0 Å². The molecule has 7 heteroatoms. The number of hydrogen-bond acceptors (Lipinski definition) is 5. The summed E-state index contributed by atoms with van der Waals surface area (Å²) in [5.41, 5.74) is 2.47. The number of anilines is 2. The van der Waals surface area contributed by atoms with Gasteiger partial charge in [-0.1, -0.05) is 18.2 Å². The van der Waals surface area contributed by atoms with E-state index in [1.54, 1.807) is 31.4 Å². The van der Waals surface area contributed by atoms with Gasteiger partial charge >= 0.3 is 0 Å². The van der Waals surface area contributed by atoms with E-state index in [4.69, 9.17) is 4.74 Å². The third-order valence-electron chi connectivity index (χ3n) is 3.79. The Kier molecular flexibility index (Phi) is 5.49. The lowest BCUT2D eigenvalue weighted by Gasteiger charge is -2.11. The third-order valence-corrected chi connectivity index (χ3v) is 6.67. The molecule has 0 unspecified atom stereocenters. The Balaban J connectivity index is 1.65. The highest BCUT2D eigenvalue weighted by atomic mass is 32.2. The SMILES string of the molecule is COc1ccccc1CNc1ccc(NS(=O)(=O)c2ccc(C)s2)cc1. The average Bonchev–Trinajstić information content (AvgIpc) is 3.08. The maximum atomic E-state index is 12.4. The largest absolute Gasteiger partial charge is 0.496 e. The fraction of sp³-hybridized carbons (Fsp3) is 0.158. The molecule has 0 radical (unpaired) electrons. The number of nitrogens with one attached hydrogen (secondary N) is 2. The van der Waals surface area contributed by atoms with Gasteiger partial charge < -0.3 is 10.1 Å². The van der Waals surface area contributed by atoms with Gasteiger partial charge in [-0.3, -0.25) is 4.72 Å². The number of thiophene rings is 1. The molecular weight excluding hydrogens is 368 g/mol. The number of benzene rings is 2. The summed E-state index contributed by atoms with van der Waals surface area (Å²) in [5, 5.41) is 3.31. The van der Waals surface area contributed by atoms with Crippen LogP contribution < -0.4 is 14.8 Å². The van der Waals surface area contributed by atoms with Crippen LogP contribution in [0.4, 0.5) is 11.4 Å². The van der Waals surface area contributed by atoms with Crippen LogP contribution in [0.2, 0.25) is 0 Å². The van der Waals surface area contributed by atoms with Crippen molar-refractivity contribution >= 4 is 32.7 Å². The molecule has 0 aliphatic heterocycles. The minimum Gasteiger partial charge on any atom is -0.496 e. The zero-order chi connectivity index (χ0) is 18.6. The summed E-state index contributed by atoms with van der Waals surface area (Å²) in [4.78, 5) is 0.960. The van der Waals surface area contributed by atoms with Crippen LogP contribution in [0.1, 0.15) is 10.4 Å². The fourth-order valence-corrected chi connectivity index (χ4v) is 4.81. The molecule has 136 valence electrons. The quantitative estimate of drug-likeness (QED) is 0.626. The van der Waals surface area contributed by atoms with Gasteiger partial charge in [0.2, 0.25) is 0 Å². The van der Waals surface area contributed by atoms with Crippen molar-refractivity contribution in [1.82, 2.24) is 0 Å². The number of hydrogen-bond donors (Lipinski definition) is 2. The van der Waals surface area contributed by atoms with E-state index in [2.05, 4.69) is 10.0 Å². The monoisotopic (exact) mass is 388 g/mol. The third kappa shape index (κ3) is 4.36. The second-order valence-corrected chi connectivity index (χ2v) is 8.91. The van der Waals surface area contributed by atoms with Crippen LogP contribution in [0.15, 0.2) is 64.9 Å². The topological polar surface area (TPSA) is 67.4 Å². The van der Waals surface area contributed by atoms with Crippen molar-refractivity contribution < 1.29 is 13.2 Å². The molecule has 0 saturated heterocycles. The molecule has 5 nitrogen and oxygen atoms in total. The highest BCUT2D eigenvalue weighted by Crippen LogP contribution is 2.24. The lowest BCUT2D eigenvalue weighted by atomic mass is 10.2. The van der Waals surface area contributed by atoms with Crippen molar-refractivity contribution in [2.75, 3.05) is 17.1 Å². The molecule has 0 amide bonds. The molecule has 0 aliphatic carbocycles. The number of ether oxygens (including phenoxy) is 1. The zero-order valence-corrected chi connectivity index (χ0v) is 16.2. The van der Waals surface area contributed by atoms with Crippen LogP contribution in [0.25, 0.3) is 0 Å². The van der Waals surface area contributed by atoms with E-state index in [0.717, 1.165) is 21.9 Å². The molecule has 0 spiro atoms. The van der Waals surface area contributed by atoms with Gasteiger partial charge in [-0.05, 0) is 49.4 Å². The summed E-state index contributed by atoms with van der Waals surface area (Å²) < 4.78 is 33.0. The Bertz CT molecular complexity index is 980. The first kappa shape index (κ1) is 18.3. The molecule has 0 fully saturated rings. The Morgan fingerprint density at radius 1 is 0.962 bits per heavy atom. The van der Waals surface area contributed by atoms with E-state index in [-0.39, 0.29) is 0 Å². The predicted octanol–water partition coefficient (Wildman–Crippen LogP) is 4.48. The zero-order valence-electron chi connectivity index (χ0n) is 14.5. The van der Waals surface area contributed by atoms with Crippen molar-refractivity contribution in [3.8, 4) is 5.75 Å². The highest BCUT2D eigenvalue weighted by Gasteiger charge is 2.16. The lowest BCUT2D eigenvalue weighted by Crippen LogP contribution is -2.11. The molecule has 1 heterocycles. The molecule has 0 bridgehead atoms. The number of aryl methyl sites for hydroxylation is 1. The summed E-state index contributed by atoms with van der Waals surface area (Å²) in [6, 6.07) is 18.4. The normalized spacial score (nSPS) is 11.2. The van der Waals surface area contributed by atoms with Gasteiger partial charge in [-0.15, -0.1) is 11.3 Å². The minimum atomic E-state index is -3.54. The van der Waals surface area contributed by atoms with E-state index in [0.29, 0.717) is 16.4 Å². The van der Waals surface area contributed by atoms with E-state index in [1.807, 2.05) is 43.3 Å². The van der Waals surface area contributed by atoms with Crippen molar-refractivity contribution in [1.29, 1.82) is 0 Å². The van der Waals surface area contributed by atoms with Crippen LogP contribution in [0.5, 0.6) is 5.75 Å². The van der Waals surface area contributed by atoms with Crippen LogP contribution in [-0.2, 0) is 16.6 Å². The number of sulfonamides is 1. The molecular formula is C19H20N2O3S2. The summed E-state index contributed by atoms with van der Waals surface area (Å²) in [7, 11) is -1.89. The van der Waals surface area contributed by atoms with Gasteiger partial charge in [-0.25, -0.2) is 8.42 Å². The molecule has 26 heavy (non-hydrogen) atoms. The molecule has 1 aromatic heterocycles.